The monoisotopic (exact) mass is 274 g/mol. The minimum Gasteiger partial charge on any atom is -0.312 e. The van der Waals surface area contributed by atoms with Gasteiger partial charge in [-0.05, 0) is 62.4 Å². The molecule has 1 unspecified atom stereocenters. The van der Waals surface area contributed by atoms with Crippen LogP contribution in [0, 0.1) is 19.3 Å². The molecule has 2 rings (SSSR count). The van der Waals surface area contributed by atoms with Crippen LogP contribution in [-0.2, 0) is 0 Å². The highest BCUT2D eigenvalue weighted by atomic mass is 15.2. The number of nitrogens with zero attached hydrogens (tertiary/aromatic N) is 1. The van der Waals surface area contributed by atoms with Crippen molar-refractivity contribution in [3.05, 3.63) is 34.9 Å². The number of piperidine rings is 1. The van der Waals surface area contributed by atoms with E-state index >= 15 is 0 Å². The van der Waals surface area contributed by atoms with Crippen molar-refractivity contribution in [1.29, 1.82) is 0 Å². The molecule has 0 amide bonds. The van der Waals surface area contributed by atoms with Gasteiger partial charge in [-0.3, -0.25) is 0 Å². The van der Waals surface area contributed by atoms with Crippen molar-refractivity contribution in [2.45, 2.75) is 46.6 Å². The Bertz CT molecular complexity index is 451. The van der Waals surface area contributed by atoms with Crippen LogP contribution in [0.2, 0.25) is 0 Å². The van der Waals surface area contributed by atoms with Crippen molar-refractivity contribution in [1.82, 2.24) is 10.2 Å². The SMILES string of the molecule is CNC(CN1CCCC(C)(C)C1)c1ccc(C)c(C)c1. The summed E-state index contributed by atoms with van der Waals surface area (Å²) in [4.78, 5) is 2.62. The number of hydrogen-bond acceptors (Lipinski definition) is 2. The highest BCUT2D eigenvalue weighted by Crippen LogP contribution is 2.29. The Balaban J connectivity index is 2.06. The number of hydrogen-bond donors (Lipinski definition) is 1. The molecule has 0 spiro atoms. The van der Waals surface area contributed by atoms with Gasteiger partial charge in [-0.15, -0.1) is 0 Å². The molecular formula is C18H30N2. The Morgan fingerprint density at radius 3 is 2.60 bits per heavy atom. The van der Waals surface area contributed by atoms with Crippen LogP contribution in [0.1, 0.15) is 49.4 Å². The molecule has 1 aliphatic rings. The minimum atomic E-state index is 0.434. The number of nitrogens with one attached hydrogen (secondary N) is 1. The molecule has 0 aromatic heterocycles. The van der Waals surface area contributed by atoms with E-state index in [0.29, 0.717) is 11.5 Å². The number of likely N-dealkylation sites (N-methyl/N-ethyl adjacent to an activating group) is 1. The third-order valence-corrected chi connectivity index (χ3v) is 4.70. The Kier molecular flexibility index (Phi) is 4.87. The van der Waals surface area contributed by atoms with Crippen LogP contribution in [0.15, 0.2) is 18.2 Å². The van der Waals surface area contributed by atoms with Gasteiger partial charge in [0.2, 0.25) is 0 Å². The van der Waals surface area contributed by atoms with Crippen molar-refractivity contribution in [2.24, 2.45) is 5.41 Å². The Labute approximate surface area is 124 Å². The first kappa shape index (κ1) is 15.5. The summed E-state index contributed by atoms with van der Waals surface area (Å²) in [6, 6.07) is 7.29. The summed E-state index contributed by atoms with van der Waals surface area (Å²) in [5.74, 6) is 0. The first-order valence-electron chi connectivity index (χ1n) is 7.88. The van der Waals surface area contributed by atoms with E-state index in [1.807, 2.05) is 0 Å². The molecule has 1 N–H and O–H groups in total. The van der Waals surface area contributed by atoms with Gasteiger partial charge in [0, 0.05) is 19.1 Å². The average molecular weight is 274 g/mol. The van der Waals surface area contributed by atoms with Gasteiger partial charge >= 0.3 is 0 Å². The lowest BCUT2D eigenvalue weighted by molar-refractivity contribution is 0.108. The fourth-order valence-corrected chi connectivity index (χ4v) is 3.30. The van der Waals surface area contributed by atoms with Crippen LogP contribution < -0.4 is 5.32 Å². The molecule has 1 saturated heterocycles. The summed E-state index contributed by atoms with van der Waals surface area (Å²) in [7, 11) is 2.08. The Morgan fingerprint density at radius 2 is 2.00 bits per heavy atom. The number of likely N-dealkylation sites (tertiary alicyclic amines) is 1. The highest BCUT2D eigenvalue weighted by Gasteiger charge is 2.27. The van der Waals surface area contributed by atoms with Crippen molar-refractivity contribution >= 4 is 0 Å². The van der Waals surface area contributed by atoms with E-state index in [1.165, 1.54) is 42.6 Å². The summed E-state index contributed by atoms with van der Waals surface area (Å²) in [6.07, 6.45) is 2.69. The number of aryl methyl sites for hydroxylation is 2. The van der Waals surface area contributed by atoms with Gasteiger partial charge in [-0.2, -0.15) is 0 Å². The summed E-state index contributed by atoms with van der Waals surface area (Å²) in [6.45, 7) is 12.7. The molecular weight excluding hydrogens is 244 g/mol. The van der Waals surface area contributed by atoms with Crippen LogP contribution >= 0.6 is 0 Å². The van der Waals surface area contributed by atoms with E-state index in [4.69, 9.17) is 0 Å². The van der Waals surface area contributed by atoms with E-state index < -0.39 is 0 Å². The van der Waals surface area contributed by atoms with Crippen molar-refractivity contribution < 1.29 is 0 Å². The topological polar surface area (TPSA) is 15.3 Å². The molecule has 0 radical (unpaired) electrons. The van der Waals surface area contributed by atoms with Crippen LogP contribution in [0.25, 0.3) is 0 Å². The molecule has 112 valence electrons. The predicted molar refractivity (Wildman–Crippen MR) is 87.2 cm³/mol. The molecule has 0 bridgehead atoms. The fourth-order valence-electron chi connectivity index (χ4n) is 3.30. The third kappa shape index (κ3) is 3.83. The Hall–Kier alpha value is -0.860. The maximum absolute atomic E-state index is 3.50. The van der Waals surface area contributed by atoms with Gasteiger partial charge in [0.1, 0.15) is 0 Å². The second-order valence-corrected chi connectivity index (χ2v) is 7.19. The first-order chi connectivity index (χ1) is 9.41. The van der Waals surface area contributed by atoms with Gasteiger partial charge in [0.15, 0.2) is 0 Å². The second-order valence-electron chi connectivity index (χ2n) is 7.19. The van der Waals surface area contributed by atoms with E-state index in [1.54, 1.807) is 0 Å². The molecule has 1 atom stereocenters. The highest BCUT2D eigenvalue weighted by molar-refractivity contribution is 5.31. The van der Waals surface area contributed by atoms with Crippen molar-refractivity contribution in [2.75, 3.05) is 26.7 Å². The lowest BCUT2D eigenvalue weighted by Gasteiger charge is -2.39. The molecule has 0 aliphatic carbocycles. The Morgan fingerprint density at radius 1 is 1.25 bits per heavy atom. The standard InChI is InChI=1S/C18H30N2/c1-14-7-8-16(11-15(14)2)17(19-5)12-20-10-6-9-18(3,4)13-20/h7-8,11,17,19H,6,9-10,12-13H2,1-5H3. The van der Waals surface area contributed by atoms with Crippen LogP contribution in [0.5, 0.6) is 0 Å². The summed E-state index contributed by atoms with van der Waals surface area (Å²) in [5, 5.41) is 3.50. The van der Waals surface area contributed by atoms with E-state index in [0.717, 1.165) is 6.54 Å². The van der Waals surface area contributed by atoms with Crippen LogP contribution in [-0.4, -0.2) is 31.6 Å². The summed E-state index contributed by atoms with van der Waals surface area (Å²) in [5.41, 5.74) is 4.66. The van der Waals surface area contributed by atoms with E-state index in [-0.39, 0.29) is 0 Å². The second kappa shape index (κ2) is 6.28. The molecule has 0 saturated carbocycles. The molecule has 1 heterocycles. The maximum Gasteiger partial charge on any atom is 0.0446 e. The van der Waals surface area contributed by atoms with Gasteiger partial charge < -0.3 is 10.2 Å². The van der Waals surface area contributed by atoms with E-state index in [2.05, 4.69) is 63.2 Å². The number of rotatable bonds is 4. The van der Waals surface area contributed by atoms with Crippen LogP contribution in [0.4, 0.5) is 0 Å². The van der Waals surface area contributed by atoms with Gasteiger partial charge in [-0.1, -0.05) is 32.0 Å². The smallest absolute Gasteiger partial charge is 0.0446 e. The minimum absolute atomic E-state index is 0.434. The quantitative estimate of drug-likeness (QED) is 0.901. The molecule has 1 aromatic rings. The lowest BCUT2D eigenvalue weighted by Crippen LogP contribution is -2.43. The summed E-state index contributed by atoms with van der Waals surface area (Å²) < 4.78 is 0. The van der Waals surface area contributed by atoms with Crippen LogP contribution in [0.3, 0.4) is 0 Å². The molecule has 1 aromatic carbocycles. The fraction of sp³-hybridized carbons (Fsp3) is 0.667. The zero-order chi connectivity index (χ0) is 14.8. The van der Waals surface area contributed by atoms with Crippen molar-refractivity contribution in [3.63, 3.8) is 0 Å². The first-order valence-corrected chi connectivity index (χ1v) is 7.88. The normalized spacial score (nSPS) is 20.9. The molecule has 2 heteroatoms. The molecule has 20 heavy (non-hydrogen) atoms. The van der Waals surface area contributed by atoms with E-state index in [9.17, 15) is 0 Å². The predicted octanol–water partition coefficient (Wildman–Crippen LogP) is 3.69. The third-order valence-electron chi connectivity index (χ3n) is 4.70. The number of benzene rings is 1. The maximum atomic E-state index is 3.50. The summed E-state index contributed by atoms with van der Waals surface area (Å²) >= 11 is 0. The van der Waals surface area contributed by atoms with Gasteiger partial charge in [0.05, 0.1) is 0 Å². The zero-order valence-electron chi connectivity index (χ0n) is 13.8. The molecule has 2 nitrogen and oxygen atoms in total. The zero-order valence-corrected chi connectivity index (χ0v) is 13.8. The largest absolute Gasteiger partial charge is 0.312 e. The lowest BCUT2D eigenvalue weighted by atomic mass is 9.84. The average Bonchev–Trinajstić information content (AvgIpc) is 2.38. The van der Waals surface area contributed by atoms with Gasteiger partial charge in [-0.25, -0.2) is 0 Å². The molecule has 1 fully saturated rings. The van der Waals surface area contributed by atoms with Crippen molar-refractivity contribution in [3.8, 4) is 0 Å². The molecule has 1 aliphatic heterocycles. The van der Waals surface area contributed by atoms with Gasteiger partial charge in [0.25, 0.3) is 0 Å².